The molecule has 1 fully saturated rings. The fourth-order valence-corrected chi connectivity index (χ4v) is 4.20. The SMILES string of the molecule is O=C1C=C(C2CCCCCC2)C(=O)N1.c1ccc2cc3ccccc3cc2c1. The zero-order valence-corrected chi connectivity index (χ0v) is 16.0. The third kappa shape index (κ3) is 4.14. The molecule has 0 bridgehead atoms. The molecular weight excluding hydrogens is 346 g/mol. The van der Waals surface area contributed by atoms with Crippen molar-refractivity contribution in [1.29, 1.82) is 0 Å². The number of imide groups is 1. The van der Waals surface area contributed by atoms with Crippen LogP contribution in [0.4, 0.5) is 0 Å². The maximum absolute atomic E-state index is 11.4. The van der Waals surface area contributed by atoms with Gasteiger partial charge in [-0.15, -0.1) is 0 Å². The first-order chi connectivity index (χ1) is 13.7. The molecule has 5 rings (SSSR count). The van der Waals surface area contributed by atoms with Crippen molar-refractivity contribution in [3.05, 3.63) is 72.3 Å². The molecule has 1 aliphatic carbocycles. The second-order valence-electron chi connectivity index (χ2n) is 7.65. The number of hydrogen-bond acceptors (Lipinski definition) is 2. The molecule has 1 saturated carbocycles. The summed E-state index contributed by atoms with van der Waals surface area (Å²) in [6.07, 6.45) is 8.50. The van der Waals surface area contributed by atoms with Gasteiger partial charge in [0.2, 0.25) is 0 Å². The Morgan fingerprint density at radius 3 is 1.54 bits per heavy atom. The predicted octanol–water partition coefficient (Wildman–Crippen LogP) is 5.53. The molecule has 0 spiro atoms. The number of hydrogen-bond donors (Lipinski definition) is 1. The second kappa shape index (κ2) is 8.39. The molecule has 0 saturated heterocycles. The van der Waals surface area contributed by atoms with Crippen molar-refractivity contribution in [1.82, 2.24) is 5.32 Å². The van der Waals surface area contributed by atoms with Crippen LogP contribution >= 0.6 is 0 Å². The van der Waals surface area contributed by atoms with Gasteiger partial charge in [0.05, 0.1) is 0 Å². The van der Waals surface area contributed by atoms with Crippen LogP contribution in [0.1, 0.15) is 38.5 Å². The van der Waals surface area contributed by atoms with Crippen LogP contribution in [0.2, 0.25) is 0 Å². The summed E-state index contributed by atoms with van der Waals surface area (Å²) in [5.41, 5.74) is 0.719. The summed E-state index contributed by atoms with van der Waals surface area (Å²) < 4.78 is 0. The van der Waals surface area contributed by atoms with Gasteiger partial charge in [-0.05, 0) is 52.4 Å². The maximum Gasteiger partial charge on any atom is 0.254 e. The van der Waals surface area contributed by atoms with Gasteiger partial charge in [-0.2, -0.15) is 0 Å². The smallest absolute Gasteiger partial charge is 0.254 e. The molecule has 0 unspecified atom stereocenters. The lowest BCUT2D eigenvalue weighted by molar-refractivity contribution is -0.124. The van der Waals surface area contributed by atoms with Gasteiger partial charge in [0, 0.05) is 11.6 Å². The number of rotatable bonds is 1. The highest BCUT2D eigenvalue weighted by Gasteiger charge is 2.28. The van der Waals surface area contributed by atoms with Crippen LogP contribution in [0.25, 0.3) is 21.5 Å². The molecule has 0 atom stereocenters. The van der Waals surface area contributed by atoms with Crippen LogP contribution in [0.5, 0.6) is 0 Å². The summed E-state index contributed by atoms with van der Waals surface area (Å²) in [6.45, 7) is 0. The standard InChI is InChI=1S/C14H10.C11H15NO2/c1-2-6-12-10-14-8-4-3-7-13(14)9-11(12)5-1;13-10-7-9(11(14)12-10)8-5-3-1-2-4-6-8/h1-10H;7-8H,1-6H2,(H,12,13,14). The molecule has 1 heterocycles. The van der Waals surface area contributed by atoms with Crippen LogP contribution in [-0.2, 0) is 9.59 Å². The number of carbonyl (C=O) groups is 2. The molecule has 142 valence electrons. The van der Waals surface area contributed by atoms with Gasteiger partial charge in [-0.25, -0.2) is 0 Å². The Hall–Kier alpha value is -2.94. The van der Waals surface area contributed by atoms with Crippen LogP contribution in [0, 0.1) is 5.92 Å². The third-order valence-corrected chi connectivity index (χ3v) is 5.69. The van der Waals surface area contributed by atoms with Gasteiger partial charge in [0.1, 0.15) is 0 Å². The van der Waals surface area contributed by atoms with E-state index in [1.807, 2.05) is 0 Å². The van der Waals surface area contributed by atoms with Crippen LogP contribution in [0.3, 0.4) is 0 Å². The number of carbonyl (C=O) groups excluding carboxylic acids is 2. The Balaban J connectivity index is 0.000000137. The lowest BCUT2D eigenvalue weighted by Gasteiger charge is -2.12. The minimum absolute atomic E-state index is 0.165. The minimum Gasteiger partial charge on any atom is -0.289 e. The number of nitrogens with one attached hydrogen (secondary N) is 1. The summed E-state index contributed by atoms with van der Waals surface area (Å²) in [4.78, 5) is 22.4. The molecule has 3 heteroatoms. The number of benzene rings is 3. The van der Waals surface area contributed by atoms with Crippen molar-refractivity contribution >= 4 is 33.4 Å². The van der Waals surface area contributed by atoms with Crippen molar-refractivity contribution in [2.45, 2.75) is 38.5 Å². The van der Waals surface area contributed by atoms with E-state index >= 15 is 0 Å². The average Bonchev–Trinajstić information content (AvgIpc) is 2.90. The fourth-order valence-electron chi connectivity index (χ4n) is 4.20. The lowest BCUT2D eigenvalue weighted by atomic mass is 9.92. The first kappa shape index (κ1) is 18.4. The highest BCUT2D eigenvalue weighted by atomic mass is 16.2. The first-order valence-electron chi connectivity index (χ1n) is 10.2. The van der Waals surface area contributed by atoms with Gasteiger partial charge in [-0.1, -0.05) is 74.2 Å². The van der Waals surface area contributed by atoms with Gasteiger partial charge in [0.25, 0.3) is 11.8 Å². The van der Waals surface area contributed by atoms with E-state index in [-0.39, 0.29) is 11.8 Å². The predicted molar refractivity (Wildman–Crippen MR) is 114 cm³/mol. The molecular formula is C25H25NO2. The minimum atomic E-state index is -0.241. The molecule has 2 amide bonds. The monoisotopic (exact) mass is 371 g/mol. The summed E-state index contributed by atoms with van der Waals surface area (Å²) in [7, 11) is 0. The topological polar surface area (TPSA) is 46.2 Å². The van der Waals surface area contributed by atoms with Crippen molar-refractivity contribution in [2.24, 2.45) is 5.92 Å². The Kier molecular flexibility index (Phi) is 5.52. The molecule has 0 aromatic heterocycles. The van der Waals surface area contributed by atoms with Crippen molar-refractivity contribution in [3.8, 4) is 0 Å². The zero-order chi connectivity index (χ0) is 19.3. The number of amides is 2. The highest BCUT2D eigenvalue weighted by molar-refractivity contribution is 6.16. The quantitative estimate of drug-likeness (QED) is 0.347. The maximum atomic E-state index is 11.4. The highest BCUT2D eigenvalue weighted by Crippen LogP contribution is 2.30. The van der Waals surface area contributed by atoms with E-state index in [1.165, 1.54) is 53.3 Å². The van der Waals surface area contributed by atoms with E-state index in [2.05, 4.69) is 66.0 Å². The molecule has 1 N–H and O–H groups in total. The average molecular weight is 371 g/mol. The zero-order valence-electron chi connectivity index (χ0n) is 16.0. The van der Waals surface area contributed by atoms with Crippen LogP contribution in [-0.4, -0.2) is 11.8 Å². The van der Waals surface area contributed by atoms with Crippen LogP contribution < -0.4 is 5.32 Å². The Morgan fingerprint density at radius 1 is 0.679 bits per heavy atom. The summed E-state index contributed by atoms with van der Waals surface area (Å²) >= 11 is 0. The van der Waals surface area contributed by atoms with Crippen molar-refractivity contribution in [2.75, 3.05) is 0 Å². The third-order valence-electron chi connectivity index (χ3n) is 5.69. The second-order valence-corrected chi connectivity index (χ2v) is 7.65. The molecule has 3 aromatic carbocycles. The summed E-state index contributed by atoms with van der Waals surface area (Å²) in [5, 5.41) is 7.56. The molecule has 0 radical (unpaired) electrons. The van der Waals surface area contributed by atoms with Gasteiger partial charge in [-0.3, -0.25) is 14.9 Å². The van der Waals surface area contributed by atoms with Crippen molar-refractivity contribution < 1.29 is 9.59 Å². The van der Waals surface area contributed by atoms with E-state index in [1.54, 1.807) is 0 Å². The Morgan fingerprint density at radius 2 is 1.14 bits per heavy atom. The van der Waals surface area contributed by atoms with Crippen molar-refractivity contribution in [3.63, 3.8) is 0 Å². The molecule has 3 nitrogen and oxygen atoms in total. The Labute approximate surface area is 165 Å². The molecule has 3 aromatic rings. The molecule has 28 heavy (non-hydrogen) atoms. The summed E-state index contributed by atoms with van der Waals surface area (Å²) in [5.74, 6) is -0.0832. The van der Waals surface area contributed by atoms with Gasteiger partial charge < -0.3 is 0 Å². The summed E-state index contributed by atoms with van der Waals surface area (Å²) in [6, 6.07) is 21.4. The van der Waals surface area contributed by atoms with Crippen LogP contribution in [0.15, 0.2) is 72.3 Å². The van der Waals surface area contributed by atoms with E-state index in [4.69, 9.17) is 0 Å². The van der Waals surface area contributed by atoms with E-state index in [0.29, 0.717) is 5.92 Å². The van der Waals surface area contributed by atoms with Gasteiger partial charge >= 0.3 is 0 Å². The number of fused-ring (bicyclic) bond motifs is 2. The first-order valence-corrected chi connectivity index (χ1v) is 10.2. The van der Waals surface area contributed by atoms with E-state index < -0.39 is 0 Å². The normalized spacial score (nSPS) is 17.6. The molecule has 1 aliphatic heterocycles. The largest absolute Gasteiger partial charge is 0.289 e. The lowest BCUT2D eigenvalue weighted by Crippen LogP contribution is -2.24. The Bertz CT molecular complexity index is 938. The molecule has 2 aliphatic rings. The fraction of sp³-hybridized carbons (Fsp3) is 0.280. The van der Waals surface area contributed by atoms with E-state index in [9.17, 15) is 9.59 Å². The van der Waals surface area contributed by atoms with Gasteiger partial charge in [0.15, 0.2) is 0 Å². The van der Waals surface area contributed by atoms with E-state index in [0.717, 1.165) is 18.4 Å².